The van der Waals surface area contributed by atoms with Gasteiger partial charge in [-0.3, -0.25) is 4.79 Å². The number of aliphatic carboxylic acids is 1. The molecule has 0 bridgehead atoms. The molecule has 0 aromatic heterocycles. The Balaban J connectivity index is 4.88. The molecule has 0 aliphatic rings. The van der Waals surface area contributed by atoms with Gasteiger partial charge < -0.3 is 25.2 Å². The standard InChI is InChI=1S/C17H30N2O7/c1-9(2)8-12(15(23)25-11(4)14(21)22)19-13(20)10(3)18-16(24)26-17(5,6)7/h9-12H,8H2,1-7H3,(H,18,24)(H,19,20)(H,21,22)/t10-,11-,12-/m0/s1. The quantitative estimate of drug-likeness (QED) is 0.548. The van der Waals surface area contributed by atoms with E-state index in [1.165, 1.54) is 13.8 Å². The lowest BCUT2D eigenvalue weighted by Gasteiger charge is -2.24. The number of rotatable bonds is 8. The van der Waals surface area contributed by atoms with Gasteiger partial charge in [-0.25, -0.2) is 14.4 Å². The van der Waals surface area contributed by atoms with Gasteiger partial charge in [-0.15, -0.1) is 0 Å². The molecular formula is C17H30N2O7. The van der Waals surface area contributed by atoms with Crippen LogP contribution in [-0.2, 0) is 23.9 Å². The van der Waals surface area contributed by atoms with Crippen molar-refractivity contribution in [2.45, 2.75) is 78.7 Å². The van der Waals surface area contributed by atoms with Crippen LogP contribution in [0.5, 0.6) is 0 Å². The van der Waals surface area contributed by atoms with Crippen LogP contribution in [0.3, 0.4) is 0 Å². The van der Waals surface area contributed by atoms with Crippen molar-refractivity contribution in [3.8, 4) is 0 Å². The first-order valence-electron chi connectivity index (χ1n) is 8.46. The summed E-state index contributed by atoms with van der Waals surface area (Å²) in [5.74, 6) is -2.69. The number of carboxylic acid groups (broad SMARTS) is 1. The second-order valence-electron chi connectivity index (χ2n) is 7.48. The van der Waals surface area contributed by atoms with Gasteiger partial charge in [0.15, 0.2) is 6.10 Å². The van der Waals surface area contributed by atoms with Crippen LogP contribution in [0.2, 0.25) is 0 Å². The zero-order valence-corrected chi connectivity index (χ0v) is 16.4. The average Bonchev–Trinajstić information content (AvgIpc) is 2.43. The largest absolute Gasteiger partial charge is 0.479 e. The van der Waals surface area contributed by atoms with E-state index in [0.717, 1.165) is 0 Å². The summed E-state index contributed by atoms with van der Waals surface area (Å²) in [6.07, 6.45) is -1.83. The molecule has 0 rings (SSSR count). The number of ether oxygens (including phenoxy) is 2. The van der Waals surface area contributed by atoms with Crippen LogP contribution in [0.25, 0.3) is 0 Å². The number of hydrogen-bond donors (Lipinski definition) is 3. The molecular weight excluding hydrogens is 344 g/mol. The molecule has 0 saturated heterocycles. The van der Waals surface area contributed by atoms with Crippen LogP contribution in [0, 0.1) is 5.92 Å². The van der Waals surface area contributed by atoms with E-state index in [0.29, 0.717) is 0 Å². The fourth-order valence-electron chi connectivity index (χ4n) is 1.84. The summed E-state index contributed by atoms with van der Waals surface area (Å²) in [5, 5.41) is 13.7. The zero-order valence-electron chi connectivity index (χ0n) is 16.4. The van der Waals surface area contributed by atoms with Crippen molar-refractivity contribution in [1.29, 1.82) is 0 Å². The third-order valence-corrected chi connectivity index (χ3v) is 3.08. The number of esters is 1. The number of amides is 2. The molecule has 0 fully saturated rings. The van der Waals surface area contributed by atoms with E-state index in [9.17, 15) is 19.2 Å². The van der Waals surface area contributed by atoms with E-state index in [-0.39, 0.29) is 12.3 Å². The molecule has 0 heterocycles. The normalized spacial score (nSPS) is 14.8. The second-order valence-corrected chi connectivity index (χ2v) is 7.48. The minimum absolute atomic E-state index is 0.0436. The predicted molar refractivity (Wildman–Crippen MR) is 93.4 cm³/mol. The lowest BCUT2D eigenvalue weighted by atomic mass is 10.0. The second kappa shape index (κ2) is 9.98. The van der Waals surface area contributed by atoms with Crippen molar-refractivity contribution < 1.29 is 33.8 Å². The Morgan fingerprint density at radius 2 is 1.54 bits per heavy atom. The molecule has 0 unspecified atom stereocenters. The van der Waals surface area contributed by atoms with E-state index in [1.807, 2.05) is 13.8 Å². The molecule has 0 saturated carbocycles. The number of hydrogen-bond acceptors (Lipinski definition) is 6. The van der Waals surface area contributed by atoms with Gasteiger partial charge in [0.2, 0.25) is 5.91 Å². The summed E-state index contributed by atoms with van der Waals surface area (Å²) < 4.78 is 9.90. The topological polar surface area (TPSA) is 131 Å². The van der Waals surface area contributed by atoms with Gasteiger partial charge >= 0.3 is 18.0 Å². The summed E-state index contributed by atoms with van der Waals surface area (Å²) in [5.41, 5.74) is -0.711. The fraction of sp³-hybridized carbons (Fsp3) is 0.765. The summed E-state index contributed by atoms with van der Waals surface area (Å²) >= 11 is 0. The first-order valence-corrected chi connectivity index (χ1v) is 8.46. The van der Waals surface area contributed by atoms with E-state index in [2.05, 4.69) is 10.6 Å². The van der Waals surface area contributed by atoms with Crippen molar-refractivity contribution in [3.05, 3.63) is 0 Å². The summed E-state index contributed by atoms with van der Waals surface area (Å²) in [7, 11) is 0. The van der Waals surface area contributed by atoms with Crippen LogP contribution in [0.4, 0.5) is 4.79 Å². The van der Waals surface area contributed by atoms with Gasteiger partial charge in [0.25, 0.3) is 0 Å². The molecule has 0 aromatic carbocycles. The molecule has 0 spiro atoms. The predicted octanol–water partition coefficient (Wildman–Crippen LogP) is 1.45. The number of nitrogens with one attached hydrogen (secondary N) is 2. The number of alkyl carbamates (subject to hydrolysis) is 1. The molecule has 9 nitrogen and oxygen atoms in total. The van der Waals surface area contributed by atoms with Crippen molar-refractivity contribution in [1.82, 2.24) is 10.6 Å². The van der Waals surface area contributed by atoms with Crippen molar-refractivity contribution in [2.24, 2.45) is 5.92 Å². The summed E-state index contributed by atoms with van der Waals surface area (Å²) in [6.45, 7) is 11.4. The fourth-order valence-corrected chi connectivity index (χ4v) is 1.84. The van der Waals surface area contributed by atoms with Gasteiger partial charge in [0, 0.05) is 0 Å². The third kappa shape index (κ3) is 9.85. The molecule has 0 aromatic rings. The summed E-state index contributed by atoms with van der Waals surface area (Å²) in [4.78, 5) is 46.9. The molecule has 2 amide bonds. The van der Waals surface area contributed by atoms with Crippen molar-refractivity contribution in [2.75, 3.05) is 0 Å². The van der Waals surface area contributed by atoms with Gasteiger partial charge in [-0.2, -0.15) is 0 Å². The van der Waals surface area contributed by atoms with Crippen molar-refractivity contribution in [3.63, 3.8) is 0 Å². The van der Waals surface area contributed by atoms with E-state index < -0.39 is 47.7 Å². The molecule has 3 atom stereocenters. The van der Waals surface area contributed by atoms with Gasteiger partial charge in [0.1, 0.15) is 17.7 Å². The monoisotopic (exact) mass is 374 g/mol. The lowest BCUT2D eigenvalue weighted by Crippen LogP contribution is -2.52. The maximum Gasteiger partial charge on any atom is 0.408 e. The van der Waals surface area contributed by atoms with Crippen LogP contribution in [-0.4, -0.2) is 52.8 Å². The van der Waals surface area contributed by atoms with E-state index >= 15 is 0 Å². The summed E-state index contributed by atoms with van der Waals surface area (Å²) in [6, 6.07) is -1.98. The SMILES string of the molecule is CC(C)C[C@H](NC(=O)[C@H](C)NC(=O)OC(C)(C)C)C(=O)O[C@@H](C)C(=O)O. The molecule has 0 aliphatic heterocycles. The Morgan fingerprint density at radius 3 is 1.96 bits per heavy atom. The Bertz CT molecular complexity index is 526. The Labute approximate surface area is 153 Å². The van der Waals surface area contributed by atoms with E-state index in [4.69, 9.17) is 14.6 Å². The Morgan fingerprint density at radius 1 is 1.00 bits per heavy atom. The molecule has 0 aliphatic carbocycles. The minimum Gasteiger partial charge on any atom is -0.479 e. The van der Waals surface area contributed by atoms with Crippen molar-refractivity contribution >= 4 is 23.9 Å². The Hall–Kier alpha value is -2.32. The molecule has 26 heavy (non-hydrogen) atoms. The Kier molecular flexibility index (Phi) is 9.09. The van der Waals surface area contributed by atoms with Gasteiger partial charge in [-0.1, -0.05) is 13.8 Å². The van der Waals surface area contributed by atoms with Gasteiger partial charge in [0.05, 0.1) is 0 Å². The van der Waals surface area contributed by atoms with Gasteiger partial charge in [-0.05, 0) is 47.0 Å². The van der Waals surface area contributed by atoms with Crippen LogP contribution < -0.4 is 10.6 Å². The number of carboxylic acids is 1. The third-order valence-electron chi connectivity index (χ3n) is 3.08. The zero-order chi connectivity index (χ0) is 20.7. The average molecular weight is 374 g/mol. The highest BCUT2D eigenvalue weighted by atomic mass is 16.6. The number of carbonyl (C=O) groups excluding carboxylic acids is 3. The molecule has 3 N–H and O–H groups in total. The maximum absolute atomic E-state index is 12.3. The number of carbonyl (C=O) groups is 4. The molecule has 0 radical (unpaired) electrons. The minimum atomic E-state index is -1.33. The van der Waals surface area contributed by atoms with Crippen LogP contribution in [0.15, 0.2) is 0 Å². The highest BCUT2D eigenvalue weighted by Crippen LogP contribution is 2.09. The smallest absolute Gasteiger partial charge is 0.408 e. The first kappa shape index (κ1) is 23.7. The van der Waals surface area contributed by atoms with Crippen LogP contribution >= 0.6 is 0 Å². The highest BCUT2D eigenvalue weighted by Gasteiger charge is 2.29. The lowest BCUT2D eigenvalue weighted by molar-refractivity contribution is -0.164. The van der Waals surface area contributed by atoms with Crippen LogP contribution in [0.1, 0.15) is 54.9 Å². The van der Waals surface area contributed by atoms with E-state index in [1.54, 1.807) is 20.8 Å². The maximum atomic E-state index is 12.3. The highest BCUT2D eigenvalue weighted by molar-refractivity contribution is 5.90. The first-order chi connectivity index (χ1) is 11.7. The molecule has 150 valence electrons. The molecule has 9 heteroatoms.